The first kappa shape index (κ1) is 27.6. The second kappa shape index (κ2) is 13.8. The van der Waals surface area contributed by atoms with Crippen LogP contribution in [-0.4, -0.2) is 64.5 Å². The fourth-order valence-electron chi connectivity index (χ4n) is 3.05. The van der Waals surface area contributed by atoms with Gasteiger partial charge >= 0.3 is 11.9 Å². The summed E-state index contributed by atoms with van der Waals surface area (Å²) < 4.78 is 0. The number of hydrogen-bond donors (Lipinski definition) is 6. The molecule has 3 unspecified atom stereocenters. The fourth-order valence-corrected chi connectivity index (χ4v) is 3.05. The highest BCUT2D eigenvalue weighted by Gasteiger charge is 2.29. The van der Waals surface area contributed by atoms with Crippen LogP contribution in [0.3, 0.4) is 0 Å². The summed E-state index contributed by atoms with van der Waals surface area (Å²) in [4.78, 5) is 59.7. The molecule has 0 spiro atoms. The zero-order chi connectivity index (χ0) is 25.0. The summed E-state index contributed by atoms with van der Waals surface area (Å²) in [6, 6.07) is 5.47. The molecule has 0 heterocycles. The van der Waals surface area contributed by atoms with Crippen molar-refractivity contribution in [1.29, 1.82) is 0 Å². The molecule has 0 aliphatic heterocycles. The van der Waals surface area contributed by atoms with Gasteiger partial charge in [-0.05, 0) is 24.3 Å². The van der Waals surface area contributed by atoms with Crippen LogP contribution in [0.4, 0.5) is 0 Å². The van der Waals surface area contributed by atoms with E-state index in [0.29, 0.717) is 12.0 Å². The van der Waals surface area contributed by atoms with Gasteiger partial charge in [-0.1, -0.05) is 44.2 Å². The average molecular weight is 465 g/mol. The average Bonchev–Trinajstić information content (AvgIpc) is 2.74. The Morgan fingerprint density at radius 3 is 2.03 bits per heavy atom. The molecule has 0 radical (unpaired) electrons. The third-order valence-corrected chi connectivity index (χ3v) is 4.67. The molecule has 11 heteroatoms. The lowest BCUT2D eigenvalue weighted by molar-refractivity contribution is -0.138. The third-order valence-electron chi connectivity index (χ3n) is 4.67. The minimum absolute atomic E-state index is 0.0600. The van der Waals surface area contributed by atoms with Gasteiger partial charge in [-0.25, -0.2) is 0 Å². The molecule has 0 bridgehead atoms. The number of hydrogen-bond acceptors (Lipinski definition) is 6. The van der Waals surface area contributed by atoms with Crippen LogP contribution in [0.1, 0.15) is 38.7 Å². The van der Waals surface area contributed by atoms with Crippen LogP contribution >= 0.6 is 0 Å². The van der Waals surface area contributed by atoms with Gasteiger partial charge in [0, 0.05) is 12.8 Å². The largest absolute Gasteiger partial charge is 0.481 e. The highest BCUT2D eigenvalue weighted by Crippen LogP contribution is 2.07. The monoisotopic (exact) mass is 464 g/mol. The Hall–Kier alpha value is -3.47. The minimum atomic E-state index is -1.25. The van der Waals surface area contributed by atoms with E-state index >= 15 is 0 Å². The van der Waals surface area contributed by atoms with Gasteiger partial charge in [0.25, 0.3) is 0 Å². The van der Waals surface area contributed by atoms with Crippen molar-refractivity contribution in [2.45, 2.75) is 57.7 Å². The normalized spacial score (nSPS) is 13.5. The first-order valence-corrected chi connectivity index (χ1v) is 10.6. The summed E-state index contributed by atoms with van der Waals surface area (Å²) in [7, 11) is 0. The molecule has 0 saturated heterocycles. The lowest BCUT2D eigenvalue weighted by Gasteiger charge is -2.24. The van der Waals surface area contributed by atoms with Crippen LogP contribution in [0.5, 0.6) is 0 Å². The number of nitrogens with two attached hydrogens (primary N) is 1. The highest BCUT2D eigenvalue weighted by atomic mass is 16.4. The van der Waals surface area contributed by atoms with E-state index in [1.165, 1.54) is 0 Å². The molecule has 1 aromatic carbocycles. The van der Waals surface area contributed by atoms with Crippen molar-refractivity contribution in [3.05, 3.63) is 35.9 Å². The Kier molecular flexibility index (Phi) is 11.6. The van der Waals surface area contributed by atoms with Crippen LogP contribution < -0.4 is 21.7 Å². The summed E-state index contributed by atoms with van der Waals surface area (Å²) in [5.41, 5.74) is 6.57. The lowest BCUT2D eigenvalue weighted by atomic mass is 10.0. The summed E-state index contributed by atoms with van der Waals surface area (Å²) >= 11 is 0. The summed E-state index contributed by atoms with van der Waals surface area (Å²) in [6.45, 7) is 3.13. The molecule has 0 aliphatic rings. The Bertz CT molecular complexity index is 829. The standard InChI is InChI=1S/C22H32N4O7/c1-13(2)10-15(23)20(31)25-16(8-9-18(27)28)22(33)26-17(21(32)24-12-19(29)30)11-14-6-4-3-5-7-14/h3-7,13,15-17H,8-12,23H2,1-2H3,(H,24,32)(H,25,31)(H,26,33)(H,27,28)(H,29,30). The Balaban J connectivity index is 3.00. The molecule has 33 heavy (non-hydrogen) atoms. The molecule has 0 saturated carbocycles. The van der Waals surface area contributed by atoms with Gasteiger partial charge in [-0.3, -0.25) is 24.0 Å². The zero-order valence-electron chi connectivity index (χ0n) is 18.7. The fraction of sp³-hybridized carbons (Fsp3) is 0.500. The number of amides is 3. The Morgan fingerprint density at radius 2 is 1.48 bits per heavy atom. The van der Waals surface area contributed by atoms with E-state index < -0.39 is 60.8 Å². The zero-order valence-corrected chi connectivity index (χ0v) is 18.7. The van der Waals surface area contributed by atoms with Crippen molar-refractivity contribution in [2.24, 2.45) is 11.7 Å². The molecule has 3 amide bonds. The van der Waals surface area contributed by atoms with Crippen LogP contribution in [0, 0.1) is 5.92 Å². The number of rotatable bonds is 14. The van der Waals surface area contributed by atoms with E-state index in [-0.39, 0.29) is 18.8 Å². The van der Waals surface area contributed by atoms with Gasteiger partial charge in [-0.2, -0.15) is 0 Å². The molecule has 0 aliphatic carbocycles. The maximum Gasteiger partial charge on any atom is 0.322 e. The van der Waals surface area contributed by atoms with E-state index in [1.807, 2.05) is 13.8 Å². The number of nitrogens with one attached hydrogen (secondary N) is 3. The van der Waals surface area contributed by atoms with Gasteiger partial charge < -0.3 is 31.9 Å². The predicted molar refractivity (Wildman–Crippen MR) is 119 cm³/mol. The second-order valence-corrected chi connectivity index (χ2v) is 8.09. The molecule has 11 nitrogen and oxygen atoms in total. The molecule has 0 fully saturated rings. The van der Waals surface area contributed by atoms with E-state index in [4.69, 9.17) is 15.9 Å². The van der Waals surface area contributed by atoms with Crippen molar-refractivity contribution in [3.63, 3.8) is 0 Å². The molecule has 1 aromatic rings. The maximum atomic E-state index is 12.9. The van der Waals surface area contributed by atoms with Crippen LogP contribution in [-0.2, 0) is 30.4 Å². The first-order chi connectivity index (χ1) is 15.5. The van der Waals surface area contributed by atoms with Crippen LogP contribution in [0.2, 0.25) is 0 Å². The molecule has 182 valence electrons. The summed E-state index contributed by atoms with van der Waals surface area (Å²) in [5.74, 6) is -4.39. The van der Waals surface area contributed by atoms with Gasteiger partial charge in [0.15, 0.2) is 0 Å². The van der Waals surface area contributed by atoms with Gasteiger partial charge in [-0.15, -0.1) is 0 Å². The topological polar surface area (TPSA) is 188 Å². The molecular formula is C22H32N4O7. The number of aliphatic carboxylic acids is 2. The summed E-state index contributed by atoms with van der Waals surface area (Å²) in [6.07, 6.45) is -0.180. The van der Waals surface area contributed by atoms with Crippen LogP contribution in [0.25, 0.3) is 0 Å². The van der Waals surface area contributed by atoms with Crippen molar-refractivity contribution in [3.8, 4) is 0 Å². The second-order valence-electron chi connectivity index (χ2n) is 8.09. The predicted octanol–water partition coefficient (Wildman–Crippen LogP) is -0.362. The molecular weight excluding hydrogens is 432 g/mol. The Morgan fingerprint density at radius 1 is 0.879 bits per heavy atom. The summed E-state index contributed by atoms with van der Waals surface area (Å²) in [5, 5.41) is 25.0. The smallest absolute Gasteiger partial charge is 0.322 e. The molecule has 0 aromatic heterocycles. The number of carboxylic acids is 2. The van der Waals surface area contributed by atoms with Crippen molar-refractivity contribution in [1.82, 2.24) is 16.0 Å². The minimum Gasteiger partial charge on any atom is -0.481 e. The molecule has 3 atom stereocenters. The lowest BCUT2D eigenvalue weighted by Crippen LogP contribution is -2.56. The maximum absolute atomic E-state index is 12.9. The third kappa shape index (κ3) is 11.1. The van der Waals surface area contributed by atoms with E-state index in [0.717, 1.165) is 0 Å². The number of carbonyl (C=O) groups excluding carboxylic acids is 3. The Labute approximate surface area is 192 Å². The quantitative estimate of drug-likeness (QED) is 0.215. The molecule has 1 rings (SSSR count). The van der Waals surface area contributed by atoms with Crippen molar-refractivity contribution in [2.75, 3.05) is 6.54 Å². The first-order valence-electron chi connectivity index (χ1n) is 10.6. The van der Waals surface area contributed by atoms with E-state index in [2.05, 4.69) is 16.0 Å². The SMILES string of the molecule is CC(C)CC(N)C(=O)NC(CCC(=O)O)C(=O)NC(Cc1ccccc1)C(=O)NCC(=O)O. The highest BCUT2D eigenvalue weighted by molar-refractivity contribution is 5.94. The van der Waals surface area contributed by atoms with Crippen molar-refractivity contribution >= 4 is 29.7 Å². The number of carboxylic acid groups (broad SMARTS) is 2. The number of benzene rings is 1. The van der Waals surface area contributed by atoms with E-state index in [1.54, 1.807) is 30.3 Å². The van der Waals surface area contributed by atoms with Gasteiger partial charge in [0.05, 0.1) is 6.04 Å². The van der Waals surface area contributed by atoms with Gasteiger partial charge in [0.1, 0.15) is 18.6 Å². The van der Waals surface area contributed by atoms with Crippen molar-refractivity contribution < 1.29 is 34.2 Å². The van der Waals surface area contributed by atoms with Gasteiger partial charge in [0.2, 0.25) is 17.7 Å². The van der Waals surface area contributed by atoms with E-state index in [9.17, 15) is 24.0 Å². The molecule has 7 N–H and O–H groups in total. The number of carbonyl (C=O) groups is 5. The van der Waals surface area contributed by atoms with Crippen LogP contribution in [0.15, 0.2) is 30.3 Å².